The Labute approximate surface area is 128 Å². The Hall–Kier alpha value is -2.44. The van der Waals surface area contributed by atoms with Crippen molar-refractivity contribution in [2.75, 3.05) is 11.9 Å². The van der Waals surface area contributed by atoms with E-state index in [4.69, 9.17) is 4.74 Å². The van der Waals surface area contributed by atoms with Gasteiger partial charge in [-0.05, 0) is 48.7 Å². The zero-order valence-corrected chi connectivity index (χ0v) is 12.5. The van der Waals surface area contributed by atoms with Crippen LogP contribution in [0.1, 0.15) is 26.2 Å². The molecule has 7 heteroatoms. The number of hydrogen-bond donors (Lipinski definition) is 1. The molecule has 0 bridgehead atoms. The number of carbonyl (C=O) groups excluding carboxylic acids is 1. The molecule has 1 heterocycles. The summed E-state index contributed by atoms with van der Waals surface area (Å²) in [5.74, 6) is 0.466. The highest BCUT2D eigenvalue weighted by Crippen LogP contribution is 2.29. The summed E-state index contributed by atoms with van der Waals surface area (Å²) in [5.41, 5.74) is 0.898. The Bertz CT molecular complexity index is 628. The van der Waals surface area contributed by atoms with E-state index >= 15 is 0 Å². The van der Waals surface area contributed by atoms with Gasteiger partial charge in [-0.3, -0.25) is 4.79 Å². The number of aromatic nitrogens is 4. The van der Waals surface area contributed by atoms with E-state index in [2.05, 4.69) is 20.8 Å². The fourth-order valence-corrected chi connectivity index (χ4v) is 2.79. The first-order valence-corrected chi connectivity index (χ1v) is 7.55. The van der Waals surface area contributed by atoms with Crippen molar-refractivity contribution < 1.29 is 9.53 Å². The summed E-state index contributed by atoms with van der Waals surface area (Å²) in [4.78, 5) is 11.8. The number of ether oxygens (including phenoxy) is 1. The molecular weight excluding hydrogens is 282 g/mol. The summed E-state index contributed by atoms with van der Waals surface area (Å²) < 4.78 is 6.75. The molecule has 7 nitrogen and oxygen atoms in total. The van der Waals surface area contributed by atoms with E-state index in [1.165, 1.54) is 0 Å². The molecule has 0 amide bonds. The molecule has 3 rings (SSSR count). The van der Waals surface area contributed by atoms with Crippen LogP contribution in [0.2, 0.25) is 0 Å². The first-order chi connectivity index (χ1) is 10.8. The Morgan fingerprint density at radius 3 is 2.95 bits per heavy atom. The maximum atomic E-state index is 11.8. The van der Waals surface area contributed by atoms with Crippen LogP contribution in [0, 0.1) is 5.92 Å². The molecule has 1 fully saturated rings. The second kappa shape index (κ2) is 6.55. The van der Waals surface area contributed by atoms with Crippen LogP contribution in [-0.2, 0) is 9.53 Å². The lowest BCUT2D eigenvalue weighted by Gasteiger charge is -2.13. The van der Waals surface area contributed by atoms with E-state index in [0.29, 0.717) is 12.6 Å². The lowest BCUT2D eigenvalue weighted by molar-refractivity contribution is -0.147. The fourth-order valence-electron chi connectivity index (χ4n) is 2.79. The maximum absolute atomic E-state index is 11.8. The number of para-hydroxylation sites is 1. The van der Waals surface area contributed by atoms with Crippen molar-refractivity contribution in [1.29, 1.82) is 0 Å². The second-order valence-electron chi connectivity index (χ2n) is 5.35. The minimum atomic E-state index is -0.102. The van der Waals surface area contributed by atoms with Crippen LogP contribution >= 0.6 is 0 Å². The number of benzene rings is 1. The molecule has 1 aliphatic carbocycles. The van der Waals surface area contributed by atoms with Gasteiger partial charge in [0.1, 0.15) is 0 Å². The van der Waals surface area contributed by atoms with Crippen molar-refractivity contribution in [2.45, 2.75) is 32.2 Å². The molecule has 1 aromatic heterocycles. The number of anilines is 1. The van der Waals surface area contributed by atoms with Gasteiger partial charge in [-0.2, -0.15) is 4.68 Å². The summed E-state index contributed by atoms with van der Waals surface area (Å²) in [5, 5.41) is 15.1. The highest BCUT2D eigenvalue weighted by Gasteiger charge is 2.31. The first-order valence-electron chi connectivity index (χ1n) is 7.55. The van der Waals surface area contributed by atoms with Gasteiger partial charge in [0.05, 0.1) is 18.2 Å². The first kappa shape index (κ1) is 14.5. The molecule has 0 radical (unpaired) electrons. The summed E-state index contributed by atoms with van der Waals surface area (Å²) in [6, 6.07) is 9.89. The van der Waals surface area contributed by atoms with E-state index in [1.807, 2.05) is 37.3 Å². The summed E-state index contributed by atoms with van der Waals surface area (Å²) in [6.07, 6.45) is 2.50. The third-order valence-corrected chi connectivity index (χ3v) is 3.86. The van der Waals surface area contributed by atoms with Crippen LogP contribution in [-0.4, -0.2) is 38.8 Å². The van der Waals surface area contributed by atoms with Crippen LogP contribution in [0.25, 0.3) is 5.69 Å². The SMILES string of the molecule is CCOC(=O)[C@@H]1CC[C@H](Nc2nnnn2-c2ccccc2)C1. The average molecular weight is 301 g/mol. The quantitative estimate of drug-likeness (QED) is 0.848. The Morgan fingerprint density at radius 2 is 2.18 bits per heavy atom. The lowest BCUT2D eigenvalue weighted by atomic mass is 10.1. The van der Waals surface area contributed by atoms with Crippen LogP contribution in [0.4, 0.5) is 5.95 Å². The van der Waals surface area contributed by atoms with Gasteiger partial charge in [0.2, 0.25) is 5.95 Å². The Kier molecular flexibility index (Phi) is 4.32. The molecule has 0 spiro atoms. The van der Waals surface area contributed by atoms with E-state index in [1.54, 1.807) is 4.68 Å². The largest absolute Gasteiger partial charge is 0.466 e. The molecule has 1 aromatic carbocycles. The average Bonchev–Trinajstić information content (AvgIpc) is 3.18. The zero-order chi connectivity index (χ0) is 15.4. The topological polar surface area (TPSA) is 81.9 Å². The van der Waals surface area contributed by atoms with Crippen LogP contribution in [0.3, 0.4) is 0 Å². The van der Waals surface area contributed by atoms with Gasteiger partial charge in [0.15, 0.2) is 0 Å². The Morgan fingerprint density at radius 1 is 1.36 bits per heavy atom. The highest BCUT2D eigenvalue weighted by molar-refractivity contribution is 5.73. The molecule has 0 saturated heterocycles. The predicted molar refractivity (Wildman–Crippen MR) is 80.5 cm³/mol. The number of carbonyl (C=O) groups is 1. The molecule has 22 heavy (non-hydrogen) atoms. The van der Waals surface area contributed by atoms with Gasteiger partial charge in [0.25, 0.3) is 0 Å². The van der Waals surface area contributed by atoms with Gasteiger partial charge in [-0.25, -0.2) is 0 Å². The van der Waals surface area contributed by atoms with Crippen molar-refractivity contribution in [1.82, 2.24) is 20.2 Å². The number of hydrogen-bond acceptors (Lipinski definition) is 6. The second-order valence-corrected chi connectivity index (χ2v) is 5.35. The Balaban J connectivity index is 1.66. The van der Waals surface area contributed by atoms with Gasteiger partial charge in [0, 0.05) is 6.04 Å². The third kappa shape index (κ3) is 3.08. The third-order valence-electron chi connectivity index (χ3n) is 3.86. The van der Waals surface area contributed by atoms with Crippen LogP contribution in [0.5, 0.6) is 0 Å². The molecule has 0 aliphatic heterocycles. The fraction of sp³-hybridized carbons (Fsp3) is 0.467. The minimum Gasteiger partial charge on any atom is -0.466 e. The zero-order valence-electron chi connectivity index (χ0n) is 12.5. The standard InChI is InChI=1S/C15H19N5O2/c1-2-22-14(21)11-8-9-12(10-11)16-15-17-18-19-20(15)13-6-4-3-5-7-13/h3-7,11-12H,2,8-10H2,1H3,(H,16,17,19)/t11-,12+/m1/s1. The van der Waals surface area contributed by atoms with Crippen molar-refractivity contribution in [3.8, 4) is 5.69 Å². The summed E-state index contributed by atoms with van der Waals surface area (Å²) >= 11 is 0. The van der Waals surface area contributed by atoms with Gasteiger partial charge < -0.3 is 10.1 Å². The van der Waals surface area contributed by atoms with Crippen molar-refractivity contribution in [3.63, 3.8) is 0 Å². The number of tetrazole rings is 1. The smallest absolute Gasteiger partial charge is 0.308 e. The van der Waals surface area contributed by atoms with Crippen molar-refractivity contribution in [2.24, 2.45) is 5.92 Å². The van der Waals surface area contributed by atoms with Crippen LogP contribution in [0.15, 0.2) is 30.3 Å². The van der Waals surface area contributed by atoms with E-state index < -0.39 is 0 Å². The highest BCUT2D eigenvalue weighted by atomic mass is 16.5. The summed E-state index contributed by atoms with van der Waals surface area (Å²) in [6.45, 7) is 2.26. The molecular formula is C15H19N5O2. The number of nitrogens with one attached hydrogen (secondary N) is 1. The van der Waals surface area contributed by atoms with Crippen LogP contribution < -0.4 is 5.32 Å². The lowest BCUT2D eigenvalue weighted by Crippen LogP contribution is -2.21. The number of rotatable bonds is 5. The molecule has 1 saturated carbocycles. The molecule has 2 aromatic rings. The summed E-state index contributed by atoms with van der Waals surface area (Å²) in [7, 11) is 0. The van der Waals surface area contributed by atoms with Gasteiger partial charge >= 0.3 is 5.97 Å². The van der Waals surface area contributed by atoms with E-state index in [0.717, 1.165) is 24.9 Å². The number of esters is 1. The molecule has 116 valence electrons. The maximum Gasteiger partial charge on any atom is 0.308 e. The van der Waals surface area contributed by atoms with Crippen molar-refractivity contribution >= 4 is 11.9 Å². The normalized spacial score (nSPS) is 20.8. The predicted octanol–water partition coefficient (Wildman–Crippen LogP) is 1.81. The van der Waals surface area contributed by atoms with E-state index in [9.17, 15) is 4.79 Å². The van der Waals surface area contributed by atoms with Gasteiger partial charge in [-0.1, -0.05) is 23.3 Å². The van der Waals surface area contributed by atoms with Gasteiger partial charge in [-0.15, -0.1) is 0 Å². The molecule has 1 N–H and O–H groups in total. The molecule has 0 unspecified atom stereocenters. The molecule has 1 aliphatic rings. The van der Waals surface area contributed by atoms with E-state index in [-0.39, 0.29) is 17.9 Å². The molecule has 2 atom stereocenters. The number of nitrogens with zero attached hydrogens (tertiary/aromatic N) is 4. The van der Waals surface area contributed by atoms with Crippen molar-refractivity contribution in [3.05, 3.63) is 30.3 Å². The monoisotopic (exact) mass is 301 g/mol. The minimum absolute atomic E-state index is 0.0292.